The first-order chi connectivity index (χ1) is 10.5. The molecule has 1 heterocycles. The van der Waals surface area contributed by atoms with Crippen LogP contribution in [0.25, 0.3) is 0 Å². The SMILES string of the molecule is CCN(CC)C(=O)CN1C=CN(c2c(C)cc(C)cc2C)C1. The monoisotopic (exact) mass is 301 g/mol. The Labute approximate surface area is 134 Å². The third-order valence-electron chi connectivity index (χ3n) is 4.17. The number of anilines is 1. The highest BCUT2D eigenvalue weighted by Gasteiger charge is 2.20. The standard InChI is InChI=1S/C18H27N3O/c1-6-20(7-2)17(22)12-19-8-9-21(13-19)18-15(4)10-14(3)11-16(18)5/h8-11H,6-7,12-13H2,1-5H3. The van der Waals surface area contributed by atoms with Gasteiger partial charge in [0.25, 0.3) is 0 Å². The van der Waals surface area contributed by atoms with Gasteiger partial charge in [0.2, 0.25) is 5.91 Å². The quantitative estimate of drug-likeness (QED) is 0.836. The lowest BCUT2D eigenvalue weighted by atomic mass is 10.0. The number of benzene rings is 1. The number of amides is 1. The Morgan fingerprint density at radius 3 is 2.23 bits per heavy atom. The molecule has 22 heavy (non-hydrogen) atoms. The van der Waals surface area contributed by atoms with Crippen LogP contribution in [0.15, 0.2) is 24.5 Å². The van der Waals surface area contributed by atoms with Crippen molar-refractivity contribution in [2.75, 3.05) is 31.2 Å². The third-order valence-corrected chi connectivity index (χ3v) is 4.17. The van der Waals surface area contributed by atoms with Gasteiger partial charge in [0, 0.05) is 31.2 Å². The van der Waals surface area contributed by atoms with Crippen LogP contribution in [0.2, 0.25) is 0 Å². The summed E-state index contributed by atoms with van der Waals surface area (Å²) in [4.78, 5) is 18.4. The van der Waals surface area contributed by atoms with Gasteiger partial charge < -0.3 is 14.7 Å². The number of nitrogens with zero attached hydrogens (tertiary/aromatic N) is 3. The van der Waals surface area contributed by atoms with Crippen LogP contribution in [-0.2, 0) is 4.79 Å². The number of carbonyl (C=O) groups excluding carboxylic acids is 1. The fourth-order valence-electron chi connectivity index (χ4n) is 3.19. The van der Waals surface area contributed by atoms with Crippen LogP contribution in [0.4, 0.5) is 5.69 Å². The van der Waals surface area contributed by atoms with Gasteiger partial charge in [0.05, 0.1) is 13.2 Å². The van der Waals surface area contributed by atoms with Gasteiger partial charge in [-0.2, -0.15) is 0 Å². The van der Waals surface area contributed by atoms with Gasteiger partial charge in [-0.05, 0) is 45.7 Å². The van der Waals surface area contributed by atoms with E-state index in [2.05, 4.69) is 48.9 Å². The Bertz CT molecular complexity index is 553. The Hall–Kier alpha value is -1.97. The van der Waals surface area contributed by atoms with Crippen LogP contribution in [0, 0.1) is 20.8 Å². The molecule has 0 aliphatic carbocycles. The molecule has 2 rings (SSSR count). The topological polar surface area (TPSA) is 26.8 Å². The predicted molar refractivity (Wildman–Crippen MR) is 91.8 cm³/mol. The first-order valence-electron chi connectivity index (χ1n) is 8.00. The number of carbonyl (C=O) groups is 1. The Morgan fingerprint density at radius 2 is 1.68 bits per heavy atom. The van der Waals surface area contributed by atoms with Crippen LogP contribution < -0.4 is 4.90 Å². The summed E-state index contributed by atoms with van der Waals surface area (Å²) in [7, 11) is 0. The second kappa shape index (κ2) is 6.86. The maximum absolute atomic E-state index is 12.2. The van der Waals surface area contributed by atoms with Crippen molar-refractivity contribution >= 4 is 11.6 Å². The van der Waals surface area contributed by atoms with Gasteiger partial charge in [-0.25, -0.2) is 0 Å². The molecule has 0 spiro atoms. The second-order valence-electron chi connectivity index (χ2n) is 5.97. The van der Waals surface area contributed by atoms with Gasteiger partial charge >= 0.3 is 0 Å². The molecule has 1 aliphatic rings. The summed E-state index contributed by atoms with van der Waals surface area (Å²) in [6.45, 7) is 13.2. The number of aryl methyl sites for hydroxylation is 3. The minimum absolute atomic E-state index is 0.189. The van der Waals surface area contributed by atoms with Crippen molar-refractivity contribution in [2.24, 2.45) is 0 Å². The summed E-state index contributed by atoms with van der Waals surface area (Å²) in [6.07, 6.45) is 4.08. The van der Waals surface area contributed by atoms with Crippen molar-refractivity contribution in [3.63, 3.8) is 0 Å². The lowest BCUT2D eigenvalue weighted by molar-refractivity contribution is -0.131. The molecular weight excluding hydrogens is 274 g/mol. The van der Waals surface area contributed by atoms with Crippen LogP contribution in [-0.4, -0.2) is 42.0 Å². The van der Waals surface area contributed by atoms with E-state index in [1.807, 2.05) is 24.9 Å². The molecule has 0 radical (unpaired) electrons. The summed E-state index contributed by atoms with van der Waals surface area (Å²) in [5, 5.41) is 0. The van der Waals surface area contributed by atoms with Gasteiger partial charge in [-0.3, -0.25) is 4.79 Å². The van der Waals surface area contributed by atoms with Gasteiger partial charge in [-0.1, -0.05) is 17.7 Å². The molecule has 1 aromatic carbocycles. The molecule has 4 nitrogen and oxygen atoms in total. The summed E-state index contributed by atoms with van der Waals surface area (Å²) in [6, 6.07) is 4.42. The zero-order valence-electron chi connectivity index (χ0n) is 14.4. The molecule has 0 atom stereocenters. The summed E-state index contributed by atoms with van der Waals surface area (Å²) in [5.74, 6) is 0.189. The molecule has 4 heteroatoms. The molecule has 0 N–H and O–H groups in total. The molecule has 0 saturated carbocycles. The number of hydrogen-bond acceptors (Lipinski definition) is 3. The van der Waals surface area contributed by atoms with Crippen molar-refractivity contribution in [1.29, 1.82) is 0 Å². The highest BCUT2D eigenvalue weighted by Crippen LogP contribution is 2.28. The number of hydrogen-bond donors (Lipinski definition) is 0. The first-order valence-corrected chi connectivity index (χ1v) is 8.00. The lowest BCUT2D eigenvalue weighted by Crippen LogP contribution is -2.39. The minimum atomic E-state index is 0.189. The van der Waals surface area contributed by atoms with Crippen molar-refractivity contribution in [3.8, 4) is 0 Å². The zero-order chi connectivity index (χ0) is 16.3. The van der Waals surface area contributed by atoms with Crippen LogP contribution in [0.1, 0.15) is 30.5 Å². The van der Waals surface area contributed by atoms with Crippen molar-refractivity contribution in [1.82, 2.24) is 9.80 Å². The Kier molecular flexibility index (Phi) is 5.11. The molecule has 0 unspecified atom stereocenters. The van der Waals surface area contributed by atoms with E-state index < -0.39 is 0 Å². The average molecular weight is 301 g/mol. The molecule has 0 bridgehead atoms. The fraction of sp³-hybridized carbons (Fsp3) is 0.500. The van der Waals surface area contributed by atoms with Crippen molar-refractivity contribution in [3.05, 3.63) is 41.2 Å². The summed E-state index contributed by atoms with van der Waals surface area (Å²) in [5.41, 5.74) is 5.09. The maximum Gasteiger partial charge on any atom is 0.242 e. The van der Waals surface area contributed by atoms with Crippen molar-refractivity contribution in [2.45, 2.75) is 34.6 Å². The van der Waals surface area contributed by atoms with Gasteiger partial charge in [0.15, 0.2) is 0 Å². The summed E-state index contributed by atoms with van der Waals surface area (Å²) >= 11 is 0. The molecule has 0 fully saturated rings. The van der Waals surface area contributed by atoms with Gasteiger partial charge in [-0.15, -0.1) is 0 Å². The second-order valence-corrected chi connectivity index (χ2v) is 5.97. The fourth-order valence-corrected chi connectivity index (χ4v) is 3.19. The Morgan fingerprint density at radius 1 is 1.09 bits per heavy atom. The normalized spacial score (nSPS) is 13.9. The molecule has 1 amide bonds. The molecule has 120 valence electrons. The van der Waals surface area contributed by atoms with E-state index >= 15 is 0 Å². The first kappa shape index (κ1) is 16.4. The van der Waals surface area contributed by atoms with E-state index in [1.54, 1.807) is 0 Å². The molecule has 1 aromatic rings. The van der Waals surface area contributed by atoms with E-state index in [0.29, 0.717) is 6.54 Å². The van der Waals surface area contributed by atoms with E-state index in [-0.39, 0.29) is 5.91 Å². The van der Waals surface area contributed by atoms with Crippen molar-refractivity contribution < 1.29 is 4.79 Å². The Balaban J connectivity index is 2.05. The van der Waals surface area contributed by atoms with E-state index in [9.17, 15) is 4.79 Å². The third kappa shape index (κ3) is 3.43. The average Bonchev–Trinajstić information content (AvgIpc) is 2.87. The maximum atomic E-state index is 12.2. The highest BCUT2D eigenvalue weighted by molar-refractivity contribution is 5.78. The predicted octanol–water partition coefficient (Wildman–Crippen LogP) is 3.03. The minimum Gasteiger partial charge on any atom is -0.349 e. The van der Waals surface area contributed by atoms with Crippen LogP contribution in [0.5, 0.6) is 0 Å². The van der Waals surface area contributed by atoms with E-state index in [1.165, 1.54) is 22.4 Å². The van der Waals surface area contributed by atoms with E-state index in [4.69, 9.17) is 0 Å². The zero-order valence-corrected chi connectivity index (χ0v) is 14.4. The molecule has 0 saturated heterocycles. The smallest absolute Gasteiger partial charge is 0.242 e. The molecule has 1 aliphatic heterocycles. The largest absolute Gasteiger partial charge is 0.349 e. The number of likely N-dealkylation sites (N-methyl/N-ethyl adjacent to an activating group) is 1. The van der Waals surface area contributed by atoms with Gasteiger partial charge in [0.1, 0.15) is 0 Å². The number of rotatable bonds is 5. The lowest BCUT2D eigenvalue weighted by Gasteiger charge is -2.26. The van der Waals surface area contributed by atoms with Crippen LogP contribution >= 0.6 is 0 Å². The van der Waals surface area contributed by atoms with E-state index in [0.717, 1.165) is 19.8 Å². The molecule has 0 aromatic heterocycles. The molecular formula is C18H27N3O. The highest BCUT2D eigenvalue weighted by atomic mass is 16.2. The van der Waals surface area contributed by atoms with Crippen LogP contribution in [0.3, 0.4) is 0 Å². The summed E-state index contributed by atoms with van der Waals surface area (Å²) < 4.78 is 0.